The summed E-state index contributed by atoms with van der Waals surface area (Å²) in [4.78, 5) is 0. The van der Waals surface area contributed by atoms with Gasteiger partial charge in [0.2, 0.25) is 0 Å². The van der Waals surface area contributed by atoms with Gasteiger partial charge in [-0.3, -0.25) is 0 Å². The van der Waals surface area contributed by atoms with Gasteiger partial charge in [-0.1, -0.05) is 44.2 Å². The Balaban J connectivity index is 2.17. The number of benzene rings is 1. The van der Waals surface area contributed by atoms with Crippen molar-refractivity contribution in [2.45, 2.75) is 57.8 Å². The van der Waals surface area contributed by atoms with Crippen LogP contribution in [0.5, 0.6) is 5.75 Å². The fourth-order valence-electron chi connectivity index (χ4n) is 2.85. The summed E-state index contributed by atoms with van der Waals surface area (Å²) < 4.78 is 0. The predicted molar refractivity (Wildman–Crippen MR) is 67.9 cm³/mol. The number of aromatic hydroxyl groups is 1. The van der Waals surface area contributed by atoms with Gasteiger partial charge in [0.15, 0.2) is 0 Å². The highest BCUT2D eigenvalue weighted by Crippen LogP contribution is 2.34. The third-order valence-corrected chi connectivity index (χ3v) is 3.89. The third-order valence-electron chi connectivity index (χ3n) is 3.89. The van der Waals surface area contributed by atoms with E-state index in [0.717, 1.165) is 5.56 Å². The van der Waals surface area contributed by atoms with Gasteiger partial charge in [-0.15, -0.1) is 0 Å². The van der Waals surface area contributed by atoms with E-state index in [1.807, 2.05) is 13.0 Å². The molecular weight excluding hydrogens is 196 g/mol. The minimum Gasteiger partial charge on any atom is -0.508 e. The Bertz CT molecular complexity index is 335. The van der Waals surface area contributed by atoms with E-state index in [4.69, 9.17) is 0 Å². The Morgan fingerprint density at radius 2 is 1.62 bits per heavy atom. The molecule has 1 aromatic rings. The van der Waals surface area contributed by atoms with Crippen molar-refractivity contribution in [3.8, 4) is 5.75 Å². The topological polar surface area (TPSA) is 20.2 Å². The molecule has 0 saturated heterocycles. The van der Waals surface area contributed by atoms with E-state index >= 15 is 0 Å². The van der Waals surface area contributed by atoms with Crippen LogP contribution in [-0.2, 0) is 0 Å². The molecule has 1 heteroatoms. The molecule has 1 saturated carbocycles. The Morgan fingerprint density at radius 1 is 1.00 bits per heavy atom. The van der Waals surface area contributed by atoms with E-state index < -0.39 is 0 Å². The van der Waals surface area contributed by atoms with E-state index in [1.54, 1.807) is 6.07 Å². The number of phenolic OH excluding ortho intramolecular Hbond substituents is 1. The first kappa shape index (κ1) is 11.5. The lowest BCUT2D eigenvalue weighted by molar-refractivity contribution is 0.445. The molecule has 0 bridgehead atoms. The molecule has 0 amide bonds. The zero-order valence-corrected chi connectivity index (χ0v) is 10.2. The first-order valence-corrected chi connectivity index (χ1v) is 6.57. The van der Waals surface area contributed by atoms with Crippen molar-refractivity contribution in [2.24, 2.45) is 0 Å². The molecule has 2 rings (SSSR count). The van der Waals surface area contributed by atoms with Gasteiger partial charge in [0, 0.05) is 0 Å². The van der Waals surface area contributed by atoms with E-state index in [9.17, 15) is 5.11 Å². The monoisotopic (exact) mass is 218 g/mol. The van der Waals surface area contributed by atoms with Crippen LogP contribution >= 0.6 is 0 Å². The standard InChI is InChI=1S/C15H22O/c1-12-14(10-7-11-15(12)16)13-8-5-3-2-4-6-9-13/h7,10-11,13,16H,2-6,8-9H2,1H3. The van der Waals surface area contributed by atoms with E-state index in [-0.39, 0.29) is 0 Å². The van der Waals surface area contributed by atoms with Crippen LogP contribution < -0.4 is 0 Å². The summed E-state index contributed by atoms with van der Waals surface area (Å²) in [5.41, 5.74) is 2.47. The zero-order chi connectivity index (χ0) is 11.4. The lowest BCUT2D eigenvalue weighted by Crippen LogP contribution is -2.04. The molecule has 1 nitrogen and oxygen atoms in total. The number of hydrogen-bond donors (Lipinski definition) is 1. The highest BCUT2D eigenvalue weighted by molar-refractivity contribution is 5.40. The molecule has 0 aliphatic heterocycles. The molecule has 0 aromatic heterocycles. The van der Waals surface area contributed by atoms with Gasteiger partial charge in [-0.05, 0) is 42.9 Å². The molecule has 1 aliphatic carbocycles. The highest BCUT2D eigenvalue weighted by atomic mass is 16.3. The highest BCUT2D eigenvalue weighted by Gasteiger charge is 2.16. The van der Waals surface area contributed by atoms with Crippen LogP contribution in [0.1, 0.15) is 62.0 Å². The summed E-state index contributed by atoms with van der Waals surface area (Å²) in [7, 11) is 0. The molecule has 1 aromatic carbocycles. The van der Waals surface area contributed by atoms with Crippen LogP contribution in [0.15, 0.2) is 18.2 Å². The second kappa shape index (κ2) is 5.38. The van der Waals surface area contributed by atoms with Crippen molar-refractivity contribution in [1.29, 1.82) is 0 Å². The largest absolute Gasteiger partial charge is 0.508 e. The molecule has 88 valence electrons. The second-order valence-electron chi connectivity index (χ2n) is 5.03. The van der Waals surface area contributed by atoms with Crippen molar-refractivity contribution in [3.63, 3.8) is 0 Å². The Kier molecular flexibility index (Phi) is 3.87. The maximum atomic E-state index is 9.76. The van der Waals surface area contributed by atoms with Gasteiger partial charge < -0.3 is 5.11 Å². The van der Waals surface area contributed by atoms with Crippen LogP contribution in [0, 0.1) is 6.92 Å². The average molecular weight is 218 g/mol. The van der Waals surface area contributed by atoms with Crippen molar-refractivity contribution in [2.75, 3.05) is 0 Å². The van der Waals surface area contributed by atoms with Gasteiger partial charge in [-0.2, -0.15) is 0 Å². The van der Waals surface area contributed by atoms with Gasteiger partial charge in [0.1, 0.15) is 5.75 Å². The van der Waals surface area contributed by atoms with Crippen LogP contribution in [-0.4, -0.2) is 5.11 Å². The Labute approximate surface area is 98.5 Å². The van der Waals surface area contributed by atoms with Gasteiger partial charge >= 0.3 is 0 Å². The maximum Gasteiger partial charge on any atom is 0.118 e. The van der Waals surface area contributed by atoms with Crippen LogP contribution in [0.3, 0.4) is 0 Å². The Morgan fingerprint density at radius 3 is 2.31 bits per heavy atom. The summed E-state index contributed by atoms with van der Waals surface area (Å²) >= 11 is 0. The summed E-state index contributed by atoms with van der Waals surface area (Å²) in [6, 6.07) is 5.97. The summed E-state index contributed by atoms with van der Waals surface area (Å²) in [5, 5.41) is 9.76. The molecule has 0 atom stereocenters. The zero-order valence-electron chi connectivity index (χ0n) is 10.2. The maximum absolute atomic E-state index is 9.76. The molecule has 1 aliphatic rings. The fourth-order valence-corrected chi connectivity index (χ4v) is 2.85. The molecule has 0 heterocycles. The third kappa shape index (κ3) is 2.58. The number of rotatable bonds is 1. The van der Waals surface area contributed by atoms with Crippen LogP contribution in [0.25, 0.3) is 0 Å². The van der Waals surface area contributed by atoms with Crippen LogP contribution in [0.4, 0.5) is 0 Å². The van der Waals surface area contributed by atoms with E-state index in [2.05, 4.69) is 6.07 Å². The SMILES string of the molecule is Cc1c(O)cccc1C1CCCCCCC1. The molecular formula is C15H22O. The molecule has 1 N–H and O–H groups in total. The fraction of sp³-hybridized carbons (Fsp3) is 0.600. The van der Waals surface area contributed by atoms with Crippen molar-refractivity contribution in [1.82, 2.24) is 0 Å². The Hall–Kier alpha value is -0.980. The van der Waals surface area contributed by atoms with Crippen LogP contribution in [0.2, 0.25) is 0 Å². The number of hydrogen-bond acceptors (Lipinski definition) is 1. The van der Waals surface area contributed by atoms with Crippen molar-refractivity contribution < 1.29 is 5.11 Å². The molecule has 0 unspecified atom stereocenters. The normalized spacial score (nSPS) is 19.1. The minimum absolute atomic E-state index is 0.458. The first-order valence-electron chi connectivity index (χ1n) is 6.57. The molecule has 1 fully saturated rings. The van der Waals surface area contributed by atoms with E-state index in [1.165, 1.54) is 50.5 Å². The van der Waals surface area contributed by atoms with Gasteiger partial charge in [0.05, 0.1) is 0 Å². The molecule has 0 spiro atoms. The summed E-state index contributed by atoms with van der Waals surface area (Å²) in [5.74, 6) is 1.13. The quantitative estimate of drug-likeness (QED) is 0.734. The van der Waals surface area contributed by atoms with Crippen molar-refractivity contribution >= 4 is 0 Å². The second-order valence-corrected chi connectivity index (χ2v) is 5.03. The van der Waals surface area contributed by atoms with Gasteiger partial charge in [0.25, 0.3) is 0 Å². The average Bonchev–Trinajstić information content (AvgIpc) is 2.23. The summed E-state index contributed by atoms with van der Waals surface area (Å²) in [6.45, 7) is 2.05. The van der Waals surface area contributed by atoms with Crippen molar-refractivity contribution in [3.05, 3.63) is 29.3 Å². The first-order chi connectivity index (χ1) is 7.79. The van der Waals surface area contributed by atoms with Gasteiger partial charge in [-0.25, -0.2) is 0 Å². The van der Waals surface area contributed by atoms with E-state index in [0.29, 0.717) is 11.7 Å². The minimum atomic E-state index is 0.458. The number of phenols is 1. The molecule has 0 radical (unpaired) electrons. The summed E-state index contributed by atoms with van der Waals surface area (Å²) in [6.07, 6.45) is 9.46. The lowest BCUT2D eigenvalue weighted by atomic mass is 9.84. The lowest BCUT2D eigenvalue weighted by Gasteiger charge is -2.22. The predicted octanol–water partition coefficient (Wildman–Crippen LogP) is 4.53. The smallest absolute Gasteiger partial charge is 0.118 e. The molecule has 16 heavy (non-hydrogen) atoms.